The molecule has 0 nitrogen and oxygen atoms in total. The third kappa shape index (κ3) is 2.80. The van der Waals surface area contributed by atoms with Crippen molar-refractivity contribution in [3.63, 3.8) is 0 Å². The summed E-state index contributed by atoms with van der Waals surface area (Å²) in [5.74, 6) is 0. The molecule has 0 radical (unpaired) electrons. The Bertz CT molecular complexity index is 528. The SMILES string of the molecule is Cc1cc(C)c(-c2cc(Br)cc(Br)c2)c(C)c1. The first-order chi connectivity index (χ1) is 7.97. The average molecular weight is 354 g/mol. The maximum absolute atomic E-state index is 3.54. The molecule has 2 rings (SSSR count). The normalized spacial score (nSPS) is 10.6. The second-order valence-electron chi connectivity index (χ2n) is 4.43. The minimum atomic E-state index is 1.10. The van der Waals surface area contributed by atoms with E-state index in [1.807, 2.05) is 0 Å². The van der Waals surface area contributed by atoms with Gasteiger partial charge in [0.15, 0.2) is 0 Å². The Kier molecular flexibility index (Phi) is 3.74. The molecule has 0 amide bonds. The van der Waals surface area contributed by atoms with Crippen molar-refractivity contribution in [3.05, 3.63) is 56.0 Å². The molecule has 0 saturated heterocycles. The van der Waals surface area contributed by atoms with Crippen molar-refractivity contribution in [1.82, 2.24) is 0 Å². The largest absolute Gasteiger partial charge is 0.0557 e. The van der Waals surface area contributed by atoms with Gasteiger partial charge in [0.2, 0.25) is 0 Å². The first-order valence-electron chi connectivity index (χ1n) is 5.51. The summed E-state index contributed by atoms with van der Waals surface area (Å²) in [6.07, 6.45) is 0. The minimum Gasteiger partial charge on any atom is -0.0557 e. The molecular formula is C15H14Br2. The van der Waals surface area contributed by atoms with Crippen LogP contribution in [-0.4, -0.2) is 0 Å². The summed E-state index contributed by atoms with van der Waals surface area (Å²) in [5, 5.41) is 0. The molecule has 0 unspecified atom stereocenters. The topological polar surface area (TPSA) is 0 Å². The summed E-state index contributed by atoms with van der Waals surface area (Å²) in [6, 6.07) is 10.8. The lowest BCUT2D eigenvalue weighted by molar-refractivity contribution is 1.32. The third-order valence-electron chi connectivity index (χ3n) is 2.83. The number of aryl methyl sites for hydroxylation is 3. The first-order valence-corrected chi connectivity index (χ1v) is 7.10. The zero-order chi connectivity index (χ0) is 12.6. The van der Waals surface area contributed by atoms with Gasteiger partial charge >= 0.3 is 0 Å². The molecule has 0 spiro atoms. The quantitative estimate of drug-likeness (QED) is 0.607. The molecule has 0 bridgehead atoms. The predicted octanol–water partition coefficient (Wildman–Crippen LogP) is 5.80. The lowest BCUT2D eigenvalue weighted by atomic mass is 9.94. The summed E-state index contributed by atoms with van der Waals surface area (Å²) in [6.45, 7) is 6.48. The molecule has 0 saturated carbocycles. The van der Waals surface area contributed by atoms with Crippen molar-refractivity contribution in [3.8, 4) is 11.1 Å². The van der Waals surface area contributed by atoms with Gasteiger partial charge in [0.05, 0.1) is 0 Å². The molecule has 2 aromatic carbocycles. The number of benzene rings is 2. The Labute approximate surface area is 119 Å². The lowest BCUT2D eigenvalue weighted by Gasteiger charge is -2.12. The van der Waals surface area contributed by atoms with Gasteiger partial charge in [0, 0.05) is 8.95 Å². The Morgan fingerprint density at radius 3 is 1.65 bits per heavy atom. The highest BCUT2D eigenvalue weighted by molar-refractivity contribution is 9.11. The van der Waals surface area contributed by atoms with Crippen LogP contribution in [0, 0.1) is 20.8 Å². The van der Waals surface area contributed by atoms with E-state index in [4.69, 9.17) is 0 Å². The van der Waals surface area contributed by atoms with Crippen molar-refractivity contribution < 1.29 is 0 Å². The van der Waals surface area contributed by atoms with Gasteiger partial charge in [0.1, 0.15) is 0 Å². The van der Waals surface area contributed by atoms with E-state index in [-0.39, 0.29) is 0 Å². The van der Waals surface area contributed by atoms with Gasteiger partial charge in [-0.1, -0.05) is 49.6 Å². The van der Waals surface area contributed by atoms with E-state index in [1.54, 1.807) is 0 Å². The Morgan fingerprint density at radius 2 is 1.18 bits per heavy atom. The van der Waals surface area contributed by atoms with Crippen LogP contribution in [0.4, 0.5) is 0 Å². The van der Waals surface area contributed by atoms with Crippen LogP contribution in [0.15, 0.2) is 39.3 Å². The fourth-order valence-corrected chi connectivity index (χ4v) is 3.63. The van der Waals surface area contributed by atoms with Crippen LogP contribution in [-0.2, 0) is 0 Å². The highest BCUT2D eigenvalue weighted by Crippen LogP contribution is 2.32. The van der Waals surface area contributed by atoms with Gasteiger partial charge in [0.25, 0.3) is 0 Å². The molecule has 0 N–H and O–H groups in total. The van der Waals surface area contributed by atoms with E-state index in [0.29, 0.717) is 0 Å². The van der Waals surface area contributed by atoms with Gasteiger partial charge in [-0.3, -0.25) is 0 Å². The van der Waals surface area contributed by atoms with Crippen LogP contribution >= 0.6 is 31.9 Å². The lowest BCUT2D eigenvalue weighted by Crippen LogP contribution is -1.90. The van der Waals surface area contributed by atoms with Gasteiger partial charge in [-0.2, -0.15) is 0 Å². The highest BCUT2D eigenvalue weighted by Gasteiger charge is 2.08. The molecule has 0 aromatic heterocycles. The summed E-state index contributed by atoms with van der Waals surface area (Å²) >= 11 is 7.09. The molecule has 0 atom stereocenters. The van der Waals surface area contributed by atoms with Crippen LogP contribution in [0.3, 0.4) is 0 Å². The highest BCUT2D eigenvalue weighted by atomic mass is 79.9. The first kappa shape index (κ1) is 12.8. The molecule has 0 aliphatic carbocycles. The average Bonchev–Trinajstić information content (AvgIpc) is 2.13. The standard InChI is InChI=1S/C15H14Br2/c1-9-4-10(2)15(11(3)5-9)12-6-13(16)8-14(17)7-12/h4-8H,1-3H3. The second kappa shape index (κ2) is 4.95. The molecule has 2 aromatic rings. The second-order valence-corrected chi connectivity index (χ2v) is 6.26. The number of halogens is 2. The Morgan fingerprint density at radius 1 is 0.706 bits per heavy atom. The number of hydrogen-bond acceptors (Lipinski definition) is 0. The van der Waals surface area contributed by atoms with Crippen molar-refractivity contribution in [1.29, 1.82) is 0 Å². The van der Waals surface area contributed by atoms with Crippen molar-refractivity contribution in [2.45, 2.75) is 20.8 Å². The van der Waals surface area contributed by atoms with E-state index >= 15 is 0 Å². The van der Waals surface area contributed by atoms with Crippen LogP contribution in [0.25, 0.3) is 11.1 Å². The smallest absolute Gasteiger partial charge is 0.0192 e. The number of rotatable bonds is 1. The number of hydrogen-bond donors (Lipinski definition) is 0. The maximum atomic E-state index is 3.54. The zero-order valence-corrected chi connectivity index (χ0v) is 13.3. The van der Waals surface area contributed by atoms with Gasteiger partial charge in [-0.05, 0) is 61.2 Å². The van der Waals surface area contributed by atoms with Crippen LogP contribution < -0.4 is 0 Å². The third-order valence-corrected chi connectivity index (χ3v) is 3.74. The Balaban J connectivity index is 2.68. The molecule has 0 aliphatic rings. The van der Waals surface area contributed by atoms with Crippen molar-refractivity contribution in [2.24, 2.45) is 0 Å². The van der Waals surface area contributed by atoms with E-state index < -0.39 is 0 Å². The van der Waals surface area contributed by atoms with Gasteiger partial charge in [-0.25, -0.2) is 0 Å². The Hall–Kier alpha value is -0.600. The summed E-state index contributed by atoms with van der Waals surface area (Å²) in [7, 11) is 0. The fraction of sp³-hybridized carbons (Fsp3) is 0.200. The van der Waals surface area contributed by atoms with Crippen molar-refractivity contribution in [2.75, 3.05) is 0 Å². The van der Waals surface area contributed by atoms with E-state index in [9.17, 15) is 0 Å². The van der Waals surface area contributed by atoms with Crippen molar-refractivity contribution >= 4 is 31.9 Å². The van der Waals surface area contributed by atoms with Gasteiger partial charge < -0.3 is 0 Å². The van der Waals surface area contributed by atoms with E-state index in [1.165, 1.54) is 27.8 Å². The zero-order valence-electron chi connectivity index (χ0n) is 10.1. The maximum Gasteiger partial charge on any atom is 0.0192 e. The molecule has 0 heterocycles. The predicted molar refractivity (Wildman–Crippen MR) is 81.5 cm³/mol. The molecular weight excluding hydrogens is 340 g/mol. The van der Waals surface area contributed by atoms with Crippen LogP contribution in [0.2, 0.25) is 0 Å². The molecule has 88 valence electrons. The molecule has 17 heavy (non-hydrogen) atoms. The monoisotopic (exact) mass is 352 g/mol. The molecule has 2 heteroatoms. The van der Waals surface area contributed by atoms with Crippen LogP contribution in [0.1, 0.15) is 16.7 Å². The van der Waals surface area contributed by atoms with Crippen LogP contribution in [0.5, 0.6) is 0 Å². The van der Waals surface area contributed by atoms with E-state index in [0.717, 1.165) is 8.95 Å². The minimum absolute atomic E-state index is 1.10. The summed E-state index contributed by atoms with van der Waals surface area (Å²) < 4.78 is 2.20. The fourth-order valence-electron chi connectivity index (χ4n) is 2.33. The molecule has 0 fully saturated rings. The summed E-state index contributed by atoms with van der Waals surface area (Å²) in [5.41, 5.74) is 6.55. The van der Waals surface area contributed by atoms with Gasteiger partial charge in [-0.15, -0.1) is 0 Å². The summed E-state index contributed by atoms with van der Waals surface area (Å²) in [4.78, 5) is 0. The van der Waals surface area contributed by atoms with E-state index in [2.05, 4.69) is 83.0 Å². The molecule has 0 aliphatic heterocycles.